The molecule has 1 heterocycles. The third kappa shape index (κ3) is 2.28. The van der Waals surface area contributed by atoms with E-state index in [2.05, 4.69) is 11.2 Å². The van der Waals surface area contributed by atoms with E-state index in [0.29, 0.717) is 17.8 Å². The normalized spacial score (nSPS) is 10.1. The Kier molecular flexibility index (Phi) is 3.20. The Hall–Kier alpha value is -2.48. The van der Waals surface area contributed by atoms with Crippen LogP contribution in [0.3, 0.4) is 0 Å². The lowest BCUT2D eigenvalue weighted by Gasteiger charge is -2.20. The minimum atomic E-state index is 0.482. The first-order valence-electron chi connectivity index (χ1n) is 5.53. The van der Waals surface area contributed by atoms with Gasteiger partial charge in [0.2, 0.25) is 0 Å². The molecule has 1 aromatic heterocycles. The molecule has 5 nitrogen and oxygen atoms in total. The molecule has 0 amide bonds. The molecule has 18 heavy (non-hydrogen) atoms. The van der Waals surface area contributed by atoms with Crippen molar-refractivity contribution in [3.8, 4) is 6.07 Å². The van der Waals surface area contributed by atoms with Crippen LogP contribution in [0.15, 0.2) is 28.8 Å². The molecule has 0 aliphatic carbocycles. The van der Waals surface area contributed by atoms with Crippen LogP contribution >= 0.6 is 0 Å². The van der Waals surface area contributed by atoms with Crippen LogP contribution in [-0.4, -0.2) is 12.2 Å². The second kappa shape index (κ2) is 4.80. The number of aryl methyl sites for hydroxylation is 1. The van der Waals surface area contributed by atoms with E-state index in [0.717, 1.165) is 17.1 Å². The fourth-order valence-corrected chi connectivity index (χ4v) is 1.80. The Bertz CT molecular complexity index is 597. The molecule has 1 aromatic carbocycles. The van der Waals surface area contributed by atoms with E-state index in [-0.39, 0.29) is 0 Å². The van der Waals surface area contributed by atoms with Crippen LogP contribution in [0.2, 0.25) is 0 Å². The molecule has 0 atom stereocenters. The van der Waals surface area contributed by atoms with Gasteiger partial charge in [-0.3, -0.25) is 0 Å². The van der Waals surface area contributed by atoms with Gasteiger partial charge in [0.1, 0.15) is 17.5 Å². The van der Waals surface area contributed by atoms with Gasteiger partial charge in [-0.1, -0.05) is 11.2 Å². The fourth-order valence-electron chi connectivity index (χ4n) is 1.80. The lowest BCUT2D eigenvalue weighted by Crippen LogP contribution is -2.18. The molecule has 92 valence electrons. The lowest BCUT2D eigenvalue weighted by atomic mass is 10.1. The predicted molar refractivity (Wildman–Crippen MR) is 68.9 cm³/mol. The molecule has 0 unspecified atom stereocenters. The van der Waals surface area contributed by atoms with Crippen LogP contribution in [-0.2, 0) is 6.54 Å². The predicted octanol–water partition coefficient (Wildman–Crippen LogP) is 2.07. The molecule has 5 heteroatoms. The molecule has 2 N–H and O–H groups in total. The molecule has 2 rings (SSSR count). The summed E-state index contributed by atoms with van der Waals surface area (Å²) in [5.74, 6) is 0.775. The Labute approximate surface area is 105 Å². The molecule has 0 fully saturated rings. The second-order valence-corrected chi connectivity index (χ2v) is 4.14. The van der Waals surface area contributed by atoms with Gasteiger partial charge in [-0.15, -0.1) is 0 Å². The number of nitrogens with zero attached hydrogens (tertiary/aromatic N) is 3. The minimum Gasteiger partial charge on any atom is -0.396 e. The van der Waals surface area contributed by atoms with E-state index in [1.807, 2.05) is 37.1 Å². The van der Waals surface area contributed by atoms with Crippen LogP contribution in [0, 0.1) is 18.3 Å². The van der Waals surface area contributed by atoms with E-state index < -0.39 is 0 Å². The first-order chi connectivity index (χ1) is 8.61. The number of nitrogen functional groups attached to an aromatic ring is 1. The largest absolute Gasteiger partial charge is 0.396 e. The van der Waals surface area contributed by atoms with Crippen molar-refractivity contribution in [1.82, 2.24) is 5.16 Å². The third-order valence-electron chi connectivity index (χ3n) is 2.69. The maximum absolute atomic E-state index is 8.94. The fraction of sp³-hybridized carbons (Fsp3) is 0.231. The van der Waals surface area contributed by atoms with Gasteiger partial charge in [-0.2, -0.15) is 5.26 Å². The van der Waals surface area contributed by atoms with Crippen molar-refractivity contribution in [3.63, 3.8) is 0 Å². The van der Waals surface area contributed by atoms with Crippen LogP contribution in [0.4, 0.5) is 11.4 Å². The van der Waals surface area contributed by atoms with Crippen LogP contribution in [0.1, 0.15) is 17.0 Å². The van der Waals surface area contributed by atoms with E-state index in [4.69, 9.17) is 15.5 Å². The topological polar surface area (TPSA) is 79.1 Å². The summed E-state index contributed by atoms with van der Waals surface area (Å²) in [7, 11) is 1.90. The van der Waals surface area contributed by atoms with Crippen LogP contribution < -0.4 is 10.6 Å². The van der Waals surface area contributed by atoms with Crippen molar-refractivity contribution >= 4 is 11.4 Å². The van der Waals surface area contributed by atoms with Gasteiger partial charge < -0.3 is 15.2 Å². The summed E-state index contributed by atoms with van der Waals surface area (Å²) in [5, 5.41) is 12.9. The molecule has 0 aliphatic rings. The Balaban J connectivity index is 2.24. The van der Waals surface area contributed by atoms with Crippen molar-refractivity contribution < 1.29 is 4.52 Å². The molecule has 0 saturated carbocycles. The highest BCUT2D eigenvalue weighted by Crippen LogP contribution is 2.26. The smallest absolute Gasteiger partial charge is 0.133 e. The first-order valence-corrected chi connectivity index (χ1v) is 5.53. The van der Waals surface area contributed by atoms with Crippen molar-refractivity contribution in [2.45, 2.75) is 13.5 Å². The van der Waals surface area contributed by atoms with Gasteiger partial charge in [-0.05, 0) is 19.1 Å². The average Bonchev–Trinajstić information content (AvgIpc) is 2.75. The zero-order chi connectivity index (χ0) is 13.1. The third-order valence-corrected chi connectivity index (χ3v) is 2.69. The zero-order valence-electron chi connectivity index (χ0n) is 10.3. The number of benzene rings is 1. The van der Waals surface area contributed by atoms with Gasteiger partial charge >= 0.3 is 0 Å². The number of anilines is 2. The van der Waals surface area contributed by atoms with Crippen LogP contribution in [0.5, 0.6) is 0 Å². The standard InChI is InChI=1S/C13H14N4O/c1-9-6-11(16-18-9)8-17(2)12-5-3-4-10(7-14)13(12)15/h3-6H,8,15H2,1-2H3. The SMILES string of the molecule is Cc1cc(CN(C)c2cccc(C#N)c2N)no1. The molecule has 0 spiro atoms. The summed E-state index contributed by atoms with van der Waals surface area (Å²) < 4.78 is 5.02. The molecule has 2 aromatic rings. The van der Waals surface area contributed by atoms with Crippen molar-refractivity contribution in [3.05, 3.63) is 41.3 Å². The van der Waals surface area contributed by atoms with Crippen molar-refractivity contribution in [2.24, 2.45) is 0 Å². The monoisotopic (exact) mass is 242 g/mol. The van der Waals surface area contributed by atoms with E-state index in [9.17, 15) is 0 Å². The summed E-state index contributed by atoms with van der Waals surface area (Å²) in [4.78, 5) is 1.94. The Morgan fingerprint density at radius 2 is 2.28 bits per heavy atom. The molecule has 0 aliphatic heterocycles. The number of para-hydroxylation sites is 1. The molecule has 0 saturated heterocycles. The number of hydrogen-bond acceptors (Lipinski definition) is 5. The van der Waals surface area contributed by atoms with Crippen molar-refractivity contribution in [2.75, 3.05) is 17.7 Å². The number of hydrogen-bond donors (Lipinski definition) is 1. The number of nitrogens with two attached hydrogens (primary N) is 1. The van der Waals surface area contributed by atoms with Gasteiger partial charge in [0.15, 0.2) is 0 Å². The first kappa shape index (κ1) is 12.0. The van der Waals surface area contributed by atoms with Crippen molar-refractivity contribution in [1.29, 1.82) is 5.26 Å². The molecular weight excluding hydrogens is 228 g/mol. The number of aromatic nitrogens is 1. The summed E-state index contributed by atoms with van der Waals surface area (Å²) in [6.07, 6.45) is 0. The summed E-state index contributed by atoms with van der Waals surface area (Å²) in [6.45, 7) is 2.43. The highest BCUT2D eigenvalue weighted by molar-refractivity contribution is 5.73. The molecular formula is C13H14N4O. The maximum Gasteiger partial charge on any atom is 0.133 e. The molecule has 0 bridgehead atoms. The average molecular weight is 242 g/mol. The molecule has 0 radical (unpaired) electrons. The number of rotatable bonds is 3. The summed E-state index contributed by atoms with van der Waals surface area (Å²) in [6, 6.07) is 9.34. The van der Waals surface area contributed by atoms with E-state index in [1.165, 1.54) is 0 Å². The van der Waals surface area contributed by atoms with E-state index >= 15 is 0 Å². The maximum atomic E-state index is 8.94. The number of nitriles is 1. The summed E-state index contributed by atoms with van der Waals surface area (Å²) in [5.41, 5.74) is 8.56. The lowest BCUT2D eigenvalue weighted by molar-refractivity contribution is 0.390. The highest BCUT2D eigenvalue weighted by Gasteiger charge is 2.11. The van der Waals surface area contributed by atoms with Crippen LogP contribution in [0.25, 0.3) is 0 Å². The zero-order valence-corrected chi connectivity index (χ0v) is 10.3. The van der Waals surface area contributed by atoms with E-state index in [1.54, 1.807) is 6.07 Å². The van der Waals surface area contributed by atoms with Gasteiger partial charge in [0, 0.05) is 13.1 Å². The quantitative estimate of drug-likeness (QED) is 0.833. The van der Waals surface area contributed by atoms with Gasteiger partial charge in [0.25, 0.3) is 0 Å². The summed E-state index contributed by atoms with van der Waals surface area (Å²) >= 11 is 0. The Morgan fingerprint density at radius 1 is 1.50 bits per heavy atom. The Morgan fingerprint density at radius 3 is 2.89 bits per heavy atom. The van der Waals surface area contributed by atoms with Gasteiger partial charge in [-0.25, -0.2) is 0 Å². The highest BCUT2D eigenvalue weighted by atomic mass is 16.5. The second-order valence-electron chi connectivity index (χ2n) is 4.14. The van der Waals surface area contributed by atoms with Gasteiger partial charge in [0.05, 0.1) is 23.5 Å². The minimum absolute atomic E-state index is 0.482.